The van der Waals surface area contributed by atoms with Crippen LogP contribution in [0, 0.1) is 0 Å². The summed E-state index contributed by atoms with van der Waals surface area (Å²) in [5, 5.41) is 3.05. The number of methoxy groups -OCH3 is 1. The van der Waals surface area contributed by atoms with E-state index in [9.17, 15) is 4.79 Å². The topological polar surface area (TPSA) is 60.0 Å². The van der Waals surface area contributed by atoms with Gasteiger partial charge >= 0.3 is 0 Å². The van der Waals surface area contributed by atoms with Crippen molar-refractivity contribution in [3.05, 3.63) is 23.8 Å². The van der Waals surface area contributed by atoms with Gasteiger partial charge in [-0.1, -0.05) is 19.1 Å². The Balaban J connectivity index is 2.25. The minimum atomic E-state index is -0.130. The van der Waals surface area contributed by atoms with Gasteiger partial charge in [-0.15, -0.1) is 0 Å². The van der Waals surface area contributed by atoms with Crippen LogP contribution >= 0.6 is 0 Å². The van der Waals surface area contributed by atoms with Crippen LogP contribution in [-0.2, 0) is 9.53 Å². The van der Waals surface area contributed by atoms with Gasteiger partial charge in [0, 0.05) is 25.1 Å². The largest absolute Gasteiger partial charge is 0.493 e. The first-order chi connectivity index (χ1) is 12.4. The molecule has 0 unspecified atom stereocenters. The van der Waals surface area contributed by atoms with Crippen molar-refractivity contribution in [2.75, 3.05) is 34.4 Å². The molecule has 6 heteroatoms. The molecular weight excluding hydrogens is 332 g/mol. The Morgan fingerprint density at radius 2 is 2.12 bits per heavy atom. The SMILES string of the molecule is CC[C@H]1C[C@@H](NC(C)=O)C[C@@H](c2cccc(OC)c2OCCN(C)C)O1. The molecule has 0 spiro atoms. The predicted molar refractivity (Wildman–Crippen MR) is 102 cm³/mol. The lowest BCUT2D eigenvalue weighted by Gasteiger charge is -2.36. The zero-order valence-corrected chi connectivity index (χ0v) is 16.6. The highest BCUT2D eigenvalue weighted by molar-refractivity contribution is 5.73. The first-order valence-electron chi connectivity index (χ1n) is 9.31. The zero-order chi connectivity index (χ0) is 19.1. The summed E-state index contributed by atoms with van der Waals surface area (Å²) in [7, 11) is 5.68. The van der Waals surface area contributed by atoms with Crippen molar-refractivity contribution in [1.29, 1.82) is 0 Å². The molecule has 1 heterocycles. The second-order valence-electron chi connectivity index (χ2n) is 7.05. The van der Waals surface area contributed by atoms with Crippen molar-refractivity contribution in [3.8, 4) is 11.5 Å². The Morgan fingerprint density at radius 1 is 1.35 bits per heavy atom. The summed E-state index contributed by atoms with van der Waals surface area (Å²) < 4.78 is 17.9. The van der Waals surface area contributed by atoms with E-state index in [-0.39, 0.29) is 24.2 Å². The summed E-state index contributed by atoms with van der Waals surface area (Å²) in [5.41, 5.74) is 0.983. The number of ether oxygens (including phenoxy) is 3. The van der Waals surface area contributed by atoms with Crippen molar-refractivity contribution in [1.82, 2.24) is 10.2 Å². The molecule has 2 rings (SSSR count). The zero-order valence-electron chi connectivity index (χ0n) is 16.6. The second kappa shape index (κ2) is 9.78. The lowest BCUT2D eigenvalue weighted by Crippen LogP contribution is -2.42. The summed E-state index contributed by atoms with van der Waals surface area (Å²) in [6.07, 6.45) is 2.47. The predicted octanol–water partition coefficient (Wildman–Crippen LogP) is 2.77. The van der Waals surface area contributed by atoms with Crippen LogP contribution in [0.4, 0.5) is 0 Å². The van der Waals surface area contributed by atoms with E-state index in [0.717, 1.165) is 37.1 Å². The number of rotatable bonds is 8. The molecule has 1 fully saturated rings. The molecule has 3 atom stereocenters. The number of nitrogens with one attached hydrogen (secondary N) is 1. The van der Waals surface area contributed by atoms with Crippen LogP contribution in [0.2, 0.25) is 0 Å². The average Bonchev–Trinajstić information content (AvgIpc) is 2.60. The fourth-order valence-electron chi connectivity index (χ4n) is 3.32. The first-order valence-corrected chi connectivity index (χ1v) is 9.31. The van der Waals surface area contributed by atoms with Crippen molar-refractivity contribution in [3.63, 3.8) is 0 Å². The lowest BCUT2D eigenvalue weighted by atomic mass is 9.92. The van der Waals surface area contributed by atoms with E-state index in [1.54, 1.807) is 14.0 Å². The fourth-order valence-corrected chi connectivity index (χ4v) is 3.32. The molecular formula is C20H32N2O4. The molecule has 0 saturated carbocycles. The molecule has 26 heavy (non-hydrogen) atoms. The Bertz CT molecular complexity index is 591. The number of hydrogen-bond donors (Lipinski definition) is 1. The van der Waals surface area contributed by atoms with Crippen molar-refractivity contribution >= 4 is 5.91 Å². The van der Waals surface area contributed by atoms with E-state index in [0.29, 0.717) is 12.4 Å². The van der Waals surface area contributed by atoms with E-state index >= 15 is 0 Å². The van der Waals surface area contributed by atoms with Crippen LogP contribution in [0.3, 0.4) is 0 Å². The molecule has 6 nitrogen and oxygen atoms in total. The third-order valence-electron chi connectivity index (χ3n) is 4.63. The molecule has 1 saturated heterocycles. The minimum absolute atomic E-state index is 0.00129. The third kappa shape index (κ3) is 5.61. The average molecular weight is 364 g/mol. The minimum Gasteiger partial charge on any atom is -0.493 e. The fraction of sp³-hybridized carbons (Fsp3) is 0.650. The molecule has 1 aliphatic heterocycles. The van der Waals surface area contributed by atoms with Crippen molar-refractivity contribution < 1.29 is 19.0 Å². The van der Waals surface area contributed by atoms with Crippen LogP contribution in [0.1, 0.15) is 44.8 Å². The lowest BCUT2D eigenvalue weighted by molar-refractivity contribution is -0.122. The van der Waals surface area contributed by atoms with Gasteiger partial charge in [-0.25, -0.2) is 0 Å². The second-order valence-corrected chi connectivity index (χ2v) is 7.05. The summed E-state index contributed by atoms with van der Waals surface area (Å²) >= 11 is 0. The molecule has 0 aromatic heterocycles. The highest BCUT2D eigenvalue weighted by atomic mass is 16.5. The van der Waals surface area contributed by atoms with Crippen molar-refractivity contribution in [2.24, 2.45) is 0 Å². The van der Waals surface area contributed by atoms with Gasteiger partial charge in [0.2, 0.25) is 5.91 Å². The highest BCUT2D eigenvalue weighted by Gasteiger charge is 2.32. The Hall–Kier alpha value is -1.79. The number of benzene rings is 1. The maximum Gasteiger partial charge on any atom is 0.217 e. The van der Waals surface area contributed by atoms with E-state index < -0.39 is 0 Å². The number of nitrogens with zero attached hydrogens (tertiary/aromatic N) is 1. The normalized spacial score (nSPS) is 22.9. The smallest absolute Gasteiger partial charge is 0.217 e. The van der Waals surface area contributed by atoms with Gasteiger partial charge in [-0.05, 0) is 39.4 Å². The third-order valence-corrected chi connectivity index (χ3v) is 4.63. The Kier molecular flexibility index (Phi) is 7.72. The molecule has 1 aliphatic rings. The van der Waals surface area contributed by atoms with Gasteiger partial charge in [0.05, 0.1) is 19.3 Å². The molecule has 0 aliphatic carbocycles. The molecule has 1 N–H and O–H groups in total. The highest BCUT2D eigenvalue weighted by Crippen LogP contribution is 2.41. The number of carbonyl (C=O) groups excluding carboxylic acids is 1. The van der Waals surface area contributed by atoms with Crippen LogP contribution in [0.25, 0.3) is 0 Å². The summed E-state index contributed by atoms with van der Waals surface area (Å²) in [4.78, 5) is 13.6. The standard InChI is InChI=1S/C20H32N2O4/c1-6-16-12-15(21-14(2)23)13-19(26-16)17-8-7-9-18(24-5)20(17)25-11-10-22(3)4/h7-9,15-16,19H,6,10-13H2,1-5H3,(H,21,23)/t15-,16+,19+/m1/s1. The van der Waals surface area contributed by atoms with Gasteiger partial charge in [-0.3, -0.25) is 4.79 Å². The maximum atomic E-state index is 11.5. The van der Waals surface area contributed by atoms with E-state index in [1.807, 2.05) is 32.3 Å². The number of para-hydroxylation sites is 1. The quantitative estimate of drug-likeness (QED) is 0.769. The van der Waals surface area contributed by atoms with Gasteiger partial charge < -0.3 is 24.4 Å². The summed E-state index contributed by atoms with van der Waals surface area (Å²) in [5.74, 6) is 1.44. The van der Waals surface area contributed by atoms with Crippen LogP contribution in [-0.4, -0.2) is 57.3 Å². The van der Waals surface area contributed by atoms with Gasteiger partial charge in [0.15, 0.2) is 11.5 Å². The molecule has 1 aromatic carbocycles. The van der Waals surface area contributed by atoms with Gasteiger partial charge in [-0.2, -0.15) is 0 Å². The molecule has 1 aromatic rings. The molecule has 0 radical (unpaired) electrons. The van der Waals surface area contributed by atoms with Crippen LogP contribution in [0.5, 0.6) is 11.5 Å². The van der Waals surface area contributed by atoms with Crippen LogP contribution in [0.15, 0.2) is 18.2 Å². The number of hydrogen-bond acceptors (Lipinski definition) is 5. The summed E-state index contributed by atoms with van der Waals surface area (Å²) in [6.45, 7) is 5.05. The van der Waals surface area contributed by atoms with Crippen LogP contribution < -0.4 is 14.8 Å². The van der Waals surface area contributed by atoms with E-state index in [1.165, 1.54) is 0 Å². The van der Waals surface area contributed by atoms with Crippen molar-refractivity contribution in [2.45, 2.75) is 51.4 Å². The van der Waals surface area contributed by atoms with E-state index in [4.69, 9.17) is 14.2 Å². The van der Waals surface area contributed by atoms with E-state index in [2.05, 4.69) is 17.1 Å². The number of amides is 1. The monoisotopic (exact) mass is 364 g/mol. The number of likely N-dealkylation sites (N-methyl/N-ethyl adjacent to an activating group) is 1. The molecule has 1 amide bonds. The first kappa shape index (κ1) is 20.5. The molecule has 146 valence electrons. The maximum absolute atomic E-state index is 11.5. The van der Waals surface area contributed by atoms with Gasteiger partial charge in [0.1, 0.15) is 6.61 Å². The van der Waals surface area contributed by atoms with Gasteiger partial charge in [0.25, 0.3) is 0 Å². The Morgan fingerprint density at radius 3 is 2.73 bits per heavy atom. The Labute approximate surface area is 156 Å². The summed E-state index contributed by atoms with van der Waals surface area (Å²) in [6, 6.07) is 6.00. The number of carbonyl (C=O) groups is 1. The molecule has 0 bridgehead atoms.